The lowest BCUT2D eigenvalue weighted by Crippen LogP contribution is -2.04. The zero-order valence-corrected chi connectivity index (χ0v) is 9.21. The van der Waals surface area contributed by atoms with Crippen LogP contribution in [0.4, 0.5) is 5.82 Å². The van der Waals surface area contributed by atoms with E-state index < -0.39 is 0 Å². The number of ketones is 1. The van der Waals surface area contributed by atoms with E-state index in [0.717, 1.165) is 5.69 Å². The summed E-state index contributed by atoms with van der Waals surface area (Å²) >= 11 is 1.18. The highest BCUT2D eigenvalue weighted by molar-refractivity contribution is 7.08. The fourth-order valence-corrected chi connectivity index (χ4v) is 1.94. The summed E-state index contributed by atoms with van der Waals surface area (Å²) in [4.78, 5) is 12.5. The van der Waals surface area contributed by atoms with E-state index in [9.17, 15) is 4.79 Å². The second kappa shape index (κ2) is 3.47. The second-order valence-corrected chi connectivity index (χ2v) is 4.03. The van der Waals surface area contributed by atoms with Crippen molar-refractivity contribution in [3.05, 3.63) is 28.4 Å². The van der Waals surface area contributed by atoms with Gasteiger partial charge in [-0.05, 0) is 24.5 Å². The molecular weight excluding hydrogens is 212 g/mol. The first-order chi connectivity index (χ1) is 7.09. The highest BCUT2D eigenvalue weighted by Gasteiger charge is 2.17. The predicted octanol–water partition coefficient (Wildman–Crippen LogP) is 0.998. The van der Waals surface area contributed by atoms with Gasteiger partial charge in [-0.1, -0.05) is 0 Å². The maximum absolute atomic E-state index is 11.9. The summed E-state index contributed by atoms with van der Waals surface area (Å²) < 4.78 is 5.53. The Kier molecular flexibility index (Phi) is 2.28. The molecule has 2 N–H and O–H groups in total. The Balaban J connectivity index is 2.41. The van der Waals surface area contributed by atoms with E-state index in [2.05, 4.69) is 9.47 Å². The van der Waals surface area contributed by atoms with Gasteiger partial charge in [-0.15, -0.1) is 0 Å². The van der Waals surface area contributed by atoms with Crippen LogP contribution in [0.25, 0.3) is 0 Å². The third kappa shape index (κ3) is 1.63. The van der Waals surface area contributed by atoms with E-state index in [1.807, 2.05) is 6.92 Å². The van der Waals surface area contributed by atoms with Crippen molar-refractivity contribution in [3.8, 4) is 0 Å². The van der Waals surface area contributed by atoms with Crippen LogP contribution < -0.4 is 5.73 Å². The van der Waals surface area contributed by atoms with Crippen molar-refractivity contribution < 1.29 is 4.79 Å². The molecule has 2 aromatic rings. The van der Waals surface area contributed by atoms with Crippen molar-refractivity contribution >= 4 is 23.1 Å². The molecule has 2 rings (SSSR count). The molecule has 2 heterocycles. The van der Waals surface area contributed by atoms with E-state index >= 15 is 0 Å². The van der Waals surface area contributed by atoms with Crippen molar-refractivity contribution in [3.63, 3.8) is 0 Å². The van der Waals surface area contributed by atoms with Crippen LogP contribution in [0, 0.1) is 6.92 Å². The molecule has 0 aliphatic heterocycles. The zero-order chi connectivity index (χ0) is 11.0. The van der Waals surface area contributed by atoms with Crippen molar-refractivity contribution in [1.29, 1.82) is 0 Å². The van der Waals surface area contributed by atoms with Crippen LogP contribution in [0.1, 0.15) is 20.9 Å². The van der Waals surface area contributed by atoms with Gasteiger partial charge < -0.3 is 5.73 Å². The van der Waals surface area contributed by atoms with Crippen LogP contribution in [0.2, 0.25) is 0 Å². The molecule has 0 saturated heterocycles. The number of nitrogens with two attached hydrogens (primary N) is 1. The SMILES string of the molecule is Cc1cc(C(=O)c2cnn(C)c2N)sn1. The smallest absolute Gasteiger partial charge is 0.209 e. The number of aryl methyl sites for hydroxylation is 2. The zero-order valence-electron chi connectivity index (χ0n) is 8.39. The monoisotopic (exact) mass is 222 g/mol. The minimum atomic E-state index is -0.119. The number of nitrogens with zero attached hydrogens (tertiary/aromatic N) is 3. The highest BCUT2D eigenvalue weighted by Crippen LogP contribution is 2.18. The van der Waals surface area contributed by atoms with Gasteiger partial charge in [0.05, 0.1) is 22.3 Å². The number of hydrogen-bond donors (Lipinski definition) is 1. The quantitative estimate of drug-likeness (QED) is 0.769. The highest BCUT2D eigenvalue weighted by atomic mass is 32.1. The Hall–Kier alpha value is -1.69. The Labute approximate surface area is 90.7 Å². The average molecular weight is 222 g/mol. The molecule has 0 aliphatic carbocycles. The van der Waals surface area contributed by atoms with Gasteiger partial charge in [0.25, 0.3) is 0 Å². The first kappa shape index (κ1) is 9.85. The van der Waals surface area contributed by atoms with Crippen LogP contribution in [0.3, 0.4) is 0 Å². The standard InChI is InChI=1S/C9H10N4OS/c1-5-3-7(15-12-5)8(14)6-4-11-13(2)9(6)10/h3-4H,10H2,1-2H3. The molecule has 0 atom stereocenters. The molecular formula is C9H10N4OS. The molecule has 15 heavy (non-hydrogen) atoms. The van der Waals surface area contributed by atoms with Crippen molar-refractivity contribution in [2.45, 2.75) is 6.92 Å². The van der Waals surface area contributed by atoms with Crippen LogP contribution in [0.15, 0.2) is 12.3 Å². The fourth-order valence-electron chi connectivity index (χ4n) is 1.23. The molecule has 2 aromatic heterocycles. The van der Waals surface area contributed by atoms with Crippen LogP contribution in [-0.2, 0) is 7.05 Å². The van der Waals surface area contributed by atoms with Crippen LogP contribution in [-0.4, -0.2) is 19.9 Å². The lowest BCUT2D eigenvalue weighted by Gasteiger charge is -1.96. The van der Waals surface area contributed by atoms with Gasteiger partial charge in [-0.25, -0.2) is 0 Å². The number of carbonyl (C=O) groups excluding carboxylic acids is 1. The number of aromatic nitrogens is 3. The van der Waals surface area contributed by atoms with E-state index in [0.29, 0.717) is 16.3 Å². The third-order valence-corrected chi connectivity index (χ3v) is 2.96. The van der Waals surface area contributed by atoms with Crippen molar-refractivity contribution in [2.24, 2.45) is 7.05 Å². The maximum atomic E-state index is 11.9. The number of rotatable bonds is 2. The van der Waals surface area contributed by atoms with Gasteiger partial charge >= 0.3 is 0 Å². The Bertz CT molecular complexity index is 514. The van der Waals surface area contributed by atoms with E-state index in [1.165, 1.54) is 22.4 Å². The summed E-state index contributed by atoms with van der Waals surface area (Å²) in [6.45, 7) is 1.85. The number of nitrogen functional groups attached to an aromatic ring is 1. The Morgan fingerprint density at radius 1 is 1.60 bits per heavy atom. The van der Waals surface area contributed by atoms with Crippen molar-refractivity contribution in [1.82, 2.24) is 14.2 Å². The minimum absolute atomic E-state index is 0.119. The molecule has 5 nitrogen and oxygen atoms in total. The minimum Gasteiger partial charge on any atom is -0.383 e. The first-order valence-electron chi connectivity index (χ1n) is 4.35. The number of hydrogen-bond acceptors (Lipinski definition) is 5. The molecule has 0 amide bonds. The summed E-state index contributed by atoms with van der Waals surface area (Å²) in [5.74, 6) is 0.261. The molecule has 0 bridgehead atoms. The molecule has 0 radical (unpaired) electrons. The third-order valence-electron chi connectivity index (χ3n) is 2.08. The molecule has 0 saturated carbocycles. The summed E-state index contributed by atoms with van der Waals surface area (Å²) in [6, 6.07) is 1.75. The molecule has 0 aromatic carbocycles. The number of anilines is 1. The molecule has 6 heteroatoms. The molecule has 0 spiro atoms. The van der Waals surface area contributed by atoms with Gasteiger partial charge in [0, 0.05) is 7.05 Å². The Morgan fingerprint density at radius 2 is 2.33 bits per heavy atom. The first-order valence-corrected chi connectivity index (χ1v) is 5.12. The van der Waals surface area contributed by atoms with Gasteiger partial charge in [0.2, 0.25) is 5.78 Å². The Morgan fingerprint density at radius 3 is 2.80 bits per heavy atom. The topological polar surface area (TPSA) is 73.8 Å². The lowest BCUT2D eigenvalue weighted by molar-refractivity contribution is 0.104. The van der Waals surface area contributed by atoms with Crippen molar-refractivity contribution in [2.75, 3.05) is 5.73 Å². The normalized spacial score (nSPS) is 10.5. The summed E-state index contributed by atoms with van der Waals surface area (Å²) in [5.41, 5.74) is 6.98. The summed E-state index contributed by atoms with van der Waals surface area (Å²) in [5, 5.41) is 3.92. The van der Waals surface area contributed by atoms with Gasteiger partial charge in [-0.3, -0.25) is 9.48 Å². The van der Waals surface area contributed by atoms with E-state index in [1.54, 1.807) is 13.1 Å². The fraction of sp³-hybridized carbons (Fsp3) is 0.222. The summed E-state index contributed by atoms with van der Waals surface area (Å²) in [6.07, 6.45) is 1.48. The molecule has 0 aliphatic rings. The molecule has 0 fully saturated rings. The summed E-state index contributed by atoms with van der Waals surface area (Å²) in [7, 11) is 1.70. The molecule has 0 unspecified atom stereocenters. The van der Waals surface area contributed by atoms with Gasteiger partial charge in [0.1, 0.15) is 5.82 Å². The number of carbonyl (C=O) groups is 1. The maximum Gasteiger partial charge on any atom is 0.209 e. The molecule has 78 valence electrons. The predicted molar refractivity (Wildman–Crippen MR) is 57.9 cm³/mol. The second-order valence-electron chi connectivity index (χ2n) is 3.23. The van der Waals surface area contributed by atoms with Crippen LogP contribution in [0.5, 0.6) is 0 Å². The van der Waals surface area contributed by atoms with E-state index in [4.69, 9.17) is 5.73 Å². The van der Waals surface area contributed by atoms with E-state index in [-0.39, 0.29) is 5.78 Å². The van der Waals surface area contributed by atoms with Gasteiger partial charge in [-0.2, -0.15) is 9.47 Å². The van der Waals surface area contributed by atoms with Crippen LogP contribution >= 0.6 is 11.5 Å². The van der Waals surface area contributed by atoms with Gasteiger partial charge in [0.15, 0.2) is 0 Å². The largest absolute Gasteiger partial charge is 0.383 e. The lowest BCUT2D eigenvalue weighted by atomic mass is 10.2. The average Bonchev–Trinajstić information content (AvgIpc) is 2.75.